The molecule has 2 aliphatic rings. The largest absolute Gasteiger partial charge is 0.469 e. The van der Waals surface area contributed by atoms with Crippen molar-refractivity contribution >= 4 is 23.9 Å². The Morgan fingerprint density at radius 2 is 0.943 bits per heavy atom. The van der Waals surface area contributed by atoms with E-state index >= 15 is 0 Å². The molecule has 0 aromatic heterocycles. The van der Waals surface area contributed by atoms with Gasteiger partial charge in [-0.25, -0.2) is 0 Å². The van der Waals surface area contributed by atoms with Crippen molar-refractivity contribution in [3.05, 3.63) is 0 Å². The molecule has 2 N–H and O–H groups in total. The summed E-state index contributed by atoms with van der Waals surface area (Å²) in [5.74, 6) is -0.443. The Hall–Kier alpha value is -2.20. The molecular formula is C25H42N2O8. The van der Waals surface area contributed by atoms with Crippen LogP contribution in [0.15, 0.2) is 0 Å². The van der Waals surface area contributed by atoms with Crippen molar-refractivity contribution < 1.29 is 38.1 Å². The highest BCUT2D eigenvalue weighted by Crippen LogP contribution is 2.35. The quantitative estimate of drug-likeness (QED) is 0.304. The van der Waals surface area contributed by atoms with Gasteiger partial charge in [0.25, 0.3) is 0 Å². The number of carbonyl (C=O) groups is 4. The number of rotatable bonds is 12. The molecule has 200 valence electrons. The van der Waals surface area contributed by atoms with Crippen molar-refractivity contribution in [2.24, 2.45) is 11.8 Å². The number of carbonyl (C=O) groups excluding carboxylic acids is 4. The highest BCUT2D eigenvalue weighted by Gasteiger charge is 2.32. The SMILES string of the molecule is COC(=O)C[C@H](NC1CCC(CC2CCC(N[C@@H](CC(=O)OC)C(=O)OC)CC2)CC1)C(=O)OC. The zero-order valence-electron chi connectivity index (χ0n) is 21.5. The van der Waals surface area contributed by atoms with E-state index in [1.807, 2.05) is 0 Å². The van der Waals surface area contributed by atoms with Gasteiger partial charge in [0.15, 0.2) is 0 Å². The van der Waals surface area contributed by atoms with E-state index in [4.69, 9.17) is 18.9 Å². The molecule has 0 bridgehead atoms. The summed E-state index contributed by atoms with van der Waals surface area (Å²) >= 11 is 0. The fraction of sp³-hybridized carbons (Fsp3) is 0.840. The average Bonchev–Trinajstić information content (AvgIpc) is 2.88. The normalized spacial score (nSPS) is 26.2. The van der Waals surface area contributed by atoms with E-state index in [1.165, 1.54) is 34.9 Å². The first-order chi connectivity index (χ1) is 16.8. The number of hydrogen-bond donors (Lipinski definition) is 2. The highest BCUT2D eigenvalue weighted by molar-refractivity contribution is 5.83. The maximum absolute atomic E-state index is 12.0. The fourth-order valence-electron chi connectivity index (χ4n) is 5.38. The molecule has 0 heterocycles. The summed E-state index contributed by atoms with van der Waals surface area (Å²) < 4.78 is 19.1. The number of ether oxygens (including phenoxy) is 4. The number of methoxy groups -OCH3 is 4. The topological polar surface area (TPSA) is 129 Å². The molecule has 2 rings (SSSR count). The van der Waals surface area contributed by atoms with Crippen molar-refractivity contribution in [3.8, 4) is 0 Å². The molecule has 0 saturated heterocycles. The minimum Gasteiger partial charge on any atom is -0.469 e. The minimum atomic E-state index is -0.676. The Morgan fingerprint density at radius 1 is 0.600 bits per heavy atom. The molecule has 10 heteroatoms. The van der Waals surface area contributed by atoms with E-state index in [-0.39, 0.29) is 24.9 Å². The molecule has 2 fully saturated rings. The van der Waals surface area contributed by atoms with Gasteiger partial charge < -0.3 is 29.6 Å². The summed E-state index contributed by atoms with van der Waals surface area (Å²) in [4.78, 5) is 47.3. The van der Waals surface area contributed by atoms with Crippen molar-refractivity contribution in [1.29, 1.82) is 0 Å². The van der Waals surface area contributed by atoms with Gasteiger partial charge in [0.05, 0.1) is 41.3 Å². The average molecular weight is 499 g/mol. The Labute approximate surface area is 208 Å². The lowest BCUT2D eigenvalue weighted by Gasteiger charge is -2.36. The Kier molecular flexibility index (Phi) is 12.5. The summed E-state index contributed by atoms with van der Waals surface area (Å²) in [7, 11) is 5.27. The van der Waals surface area contributed by atoms with Crippen LogP contribution in [-0.2, 0) is 38.1 Å². The van der Waals surface area contributed by atoms with Crippen LogP contribution in [-0.4, -0.2) is 76.5 Å². The van der Waals surface area contributed by atoms with E-state index < -0.39 is 36.0 Å². The lowest BCUT2D eigenvalue weighted by Crippen LogP contribution is -2.47. The number of nitrogens with one attached hydrogen (secondary N) is 2. The van der Waals surface area contributed by atoms with Crippen LogP contribution < -0.4 is 10.6 Å². The van der Waals surface area contributed by atoms with Gasteiger partial charge in [-0.15, -0.1) is 0 Å². The van der Waals surface area contributed by atoms with Crippen molar-refractivity contribution in [3.63, 3.8) is 0 Å². The zero-order chi connectivity index (χ0) is 25.8. The summed E-state index contributed by atoms with van der Waals surface area (Å²) in [6.45, 7) is 0. The first-order valence-corrected chi connectivity index (χ1v) is 12.6. The molecule has 0 aromatic carbocycles. The van der Waals surface area contributed by atoms with E-state index in [1.54, 1.807) is 0 Å². The second-order valence-electron chi connectivity index (χ2n) is 9.72. The van der Waals surface area contributed by atoms with Crippen LogP contribution in [0.2, 0.25) is 0 Å². The Bertz CT molecular complexity index is 642. The summed E-state index contributed by atoms with van der Waals surface area (Å²) in [6.07, 6.45) is 9.33. The molecule has 2 saturated carbocycles. The number of hydrogen-bond acceptors (Lipinski definition) is 10. The maximum Gasteiger partial charge on any atom is 0.323 e. The molecule has 0 radical (unpaired) electrons. The molecule has 2 atom stereocenters. The highest BCUT2D eigenvalue weighted by atomic mass is 16.5. The van der Waals surface area contributed by atoms with Gasteiger partial charge in [-0.05, 0) is 69.6 Å². The van der Waals surface area contributed by atoms with Crippen molar-refractivity contribution in [2.75, 3.05) is 28.4 Å². The Balaban J connectivity index is 1.73. The van der Waals surface area contributed by atoms with Crippen LogP contribution in [0.5, 0.6) is 0 Å². The van der Waals surface area contributed by atoms with Gasteiger partial charge in [-0.2, -0.15) is 0 Å². The third-order valence-electron chi connectivity index (χ3n) is 7.40. The van der Waals surface area contributed by atoms with Gasteiger partial charge in [-0.1, -0.05) is 0 Å². The van der Waals surface area contributed by atoms with Crippen LogP contribution in [0, 0.1) is 11.8 Å². The molecule has 0 spiro atoms. The number of esters is 4. The van der Waals surface area contributed by atoms with Crippen LogP contribution in [0.4, 0.5) is 0 Å². The molecule has 0 amide bonds. The van der Waals surface area contributed by atoms with E-state index in [9.17, 15) is 19.2 Å². The standard InChI is InChI=1S/C25H42N2O8/c1-32-22(28)14-20(24(30)34-3)26-18-9-5-16(6-10-18)13-17-7-11-19(12-8-17)27-21(25(31)35-4)15-23(29)33-2/h16-21,26-27H,5-15H2,1-4H3/t16?,17?,18?,19?,20-,21-/m0/s1. The van der Waals surface area contributed by atoms with E-state index in [0.29, 0.717) is 11.8 Å². The smallest absolute Gasteiger partial charge is 0.323 e. The van der Waals surface area contributed by atoms with Crippen LogP contribution in [0.1, 0.15) is 70.6 Å². The van der Waals surface area contributed by atoms with Gasteiger partial charge >= 0.3 is 23.9 Å². The van der Waals surface area contributed by atoms with Gasteiger partial charge in [0, 0.05) is 12.1 Å². The fourth-order valence-corrected chi connectivity index (χ4v) is 5.38. The second kappa shape index (κ2) is 15.0. The second-order valence-corrected chi connectivity index (χ2v) is 9.72. The summed E-state index contributed by atoms with van der Waals surface area (Å²) in [5.41, 5.74) is 0. The first kappa shape index (κ1) is 29.0. The predicted octanol–water partition coefficient (Wildman–Crippen LogP) is 1.88. The van der Waals surface area contributed by atoms with Crippen molar-refractivity contribution in [2.45, 2.75) is 94.8 Å². The molecule has 0 unspecified atom stereocenters. The van der Waals surface area contributed by atoms with Crippen LogP contribution in [0.3, 0.4) is 0 Å². The lowest BCUT2D eigenvalue weighted by atomic mass is 9.75. The van der Waals surface area contributed by atoms with Gasteiger partial charge in [0.1, 0.15) is 12.1 Å². The maximum atomic E-state index is 12.0. The van der Waals surface area contributed by atoms with Gasteiger partial charge in [0.2, 0.25) is 0 Å². The predicted molar refractivity (Wildman–Crippen MR) is 127 cm³/mol. The lowest BCUT2D eigenvalue weighted by molar-refractivity contribution is -0.150. The molecule has 10 nitrogen and oxygen atoms in total. The van der Waals surface area contributed by atoms with Crippen molar-refractivity contribution in [1.82, 2.24) is 10.6 Å². The zero-order valence-corrected chi connectivity index (χ0v) is 21.5. The third-order valence-corrected chi connectivity index (χ3v) is 7.40. The minimum absolute atomic E-state index is 0.0309. The molecule has 0 aromatic rings. The molecule has 0 aliphatic heterocycles. The first-order valence-electron chi connectivity index (χ1n) is 12.6. The Morgan fingerprint density at radius 3 is 1.23 bits per heavy atom. The van der Waals surface area contributed by atoms with Gasteiger partial charge in [-0.3, -0.25) is 19.2 Å². The monoisotopic (exact) mass is 498 g/mol. The van der Waals surface area contributed by atoms with Crippen LogP contribution in [0.25, 0.3) is 0 Å². The molecule has 35 heavy (non-hydrogen) atoms. The molecule has 2 aliphatic carbocycles. The van der Waals surface area contributed by atoms with E-state index in [2.05, 4.69) is 10.6 Å². The summed E-state index contributed by atoms with van der Waals surface area (Å²) in [6, 6.07) is -0.982. The molecular weight excluding hydrogens is 456 g/mol. The van der Waals surface area contributed by atoms with Crippen LogP contribution >= 0.6 is 0 Å². The van der Waals surface area contributed by atoms with E-state index in [0.717, 1.165) is 51.4 Å². The third kappa shape index (κ3) is 9.76. The summed E-state index contributed by atoms with van der Waals surface area (Å²) in [5, 5.41) is 6.59.